The number of halogens is 5. The lowest BCUT2D eigenvalue weighted by Gasteiger charge is -2.30. The average molecular weight is 434 g/mol. The van der Waals surface area contributed by atoms with Gasteiger partial charge in [0.05, 0.1) is 17.4 Å². The molecule has 1 N–H and O–H groups in total. The normalized spacial score (nSPS) is 13.9. The van der Waals surface area contributed by atoms with Gasteiger partial charge in [0.15, 0.2) is 0 Å². The summed E-state index contributed by atoms with van der Waals surface area (Å²) in [5.74, 6) is -1.02. The maximum absolute atomic E-state index is 13.8. The van der Waals surface area contributed by atoms with Gasteiger partial charge in [0, 0.05) is 5.39 Å². The predicted molar refractivity (Wildman–Crippen MR) is 103 cm³/mol. The lowest BCUT2D eigenvalue weighted by atomic mass is 9.93. The largest absolute Gasteiger partial charge is 0.490 e. The number of rotatable bonds is 5. The lowest BCUT2D eigenvalue weighted by Crippen LogP contribution is -2.47. The Morgan fingerprint density at radius 3 is 2.10 bits per heavy atom. The molecule has 0 fully saturated rings. The Bertz CT molecular complexity index is 1200. The molecule has 0 saturated carbocycles. The molecule has 4 nitrogen and oxygen atoms in total. The van der Waals surface area contributed by atoms with E-state index in [1.54, 1.807) is 0 Å². The Kier molecular flexibility index (Phi) is 5.14. The van der Waals surface area contributed by atoms with Gasteiger partial charge >= 0.3 is 6.18 Å². The number of aromatic nitrogens is 2. The van der Waals surface area contributed by atoms with Gasteiger partial charge < -0.3 is 9.84 Å². The van der Waals surface area contributed by atoms with Crippen molar-refractivity contribution in [2.75, 3.05) is 6.61 Å². The number of aliphatic hydroxyl groups is 1. The van der Waals surface area contributed by atoms with E-state index < -0.39 is 35.6 Å². The number of fused-ring (bicyclic) bond motifs is 1. The topological polar surface area (TPSA) is 47.3 Å². The van der Waals surface area contributed by atoms with E-state index in [0.717, 1.165) is 18.2 Å². The van der Waals surface area contributed by atoms with Crippen molar-refractivity contribution in [3.8, 4) is 11.4 Å². The smallest absolute Gasteiger partial charge is 0.424 e. The summed E-state index contributed by atoms with van der Waals surface area (Å²) in [6.45, 7) is -1.13. The van der Waals surface area contributed by atoms with Crippen LogP contribution in [0.2, 0.25) is 0 Å². The minimum Gasteiger partial charge on any atom is -0.490 e. The highest BCUT2D eigenvalue weighted by Gasteiger charge is 2.56. The second-order valence-electron chi connectivity index (χ2n) is 6.91. The number of hydrogen-bond donors (Lipinski definition) is 1. The van der Waals surface area contributed by atoms with Crippen LogP contribution < -0.4 is 4.74 Å². The van der Waals surface area contributed by atoms with Crippen molar-refractivity contribution in [3.63, 3.8) is 0 Å². The van der Waals surface area contributed by atoms with E-state index in [9.17, 15) is 27.1 Å². The van der Waals surface area contributed by atoms with Crippen molar-refractivity contribution >= 4 is 10.9 Å². The number of alkyl halides is 3. The van der Waals surface area contributed by atoms with Gasteiger partial charge in [0.1, 0.15) is 24.0 Å². The molecule has 0 amide bonds. The summed E-state index contributed by atoms with van der Waals surface area (Å²) < 4.78 is 74.2. The zero-order valence-corrected chi connectivity index (χ0v) is 15.8. The third-order valence-corrected chi connectivity index (χ3v) is 4.85. The molecule has 9 heteroatoms. The van der Waals surface area contributed by atoms with Crippen molar-refractivity contribution < 1.29 is 31.8 Å². The summed E-state index contributed by atoms with van der Waals surface area (Å²) in [5.41, 5.74) is -2.75. The fourth-order valence-corrected chi connectivity index (χ4v) is 3.13. The van der Waals surface area contributed by atoms with Gasteiger partial charge in [-0.3, -0.25) is 0 Å². The van der Waals surface area contributed by atoms with Crippen molar-refractivity contribution in [3.05, 3.63) is 90.1 Å². The molecule has 1 heterocycles. The summed E-state index contributed by atoms with van der Waals surface area (Å²) in [4.78, 5) is 0. The van der Waals surface area contributed by atoms with Crippen LogP contribution in [-0.4, -0.2) is 27.7 Å². The van der Waals surface area contributed by atoms with Crippen LogP contribution in [0, 0.1) is 11.6 Å². The zero-order valence-electron chi connectivity index (χ0n) is 15.8. The first-order chi connectivity index (χ1) is 14.7. The van der Waals surface area contributed by atoms with Crippen LogP contribution in [0.4, 0.5) is 22.0 Å². The van der Waals surface area contributed by atoms with E-state index >= 15 is 0 Å². The fourth-order valence-electron chi connectivity index (χ4n) is 3.13. The molecule has 0 aliphatic heterocycles. The summed E-state index contributed by atoms with van der Waals surface area (Å²) in [6.07, 6.45) is -3.70. The van der Waals surface area contributed by atoms with Crippen molar-refractivity contribution in [1.82, 2.24) is 9.78 Å². The van der Waals surface area contributed by atoms with Crippen molar-refractivity contribution in [1.29, 1.82) is 0 Å². The van der Waals surface area contributed by atoms with Gasteiger partial charge in [-0.1, -0.05) is 6.07 Å². The van der Waals surface area contributed by atoms with Gasteiger partial charge in [-0.25, -0.2) is 13.5 Å². The maximum Gasteiger partial charge on any atom is 0.424 e. The summed E-state index contributed by atoms with van der Waals surface area (Å²) >= 11 is 0. The summed E-state index contributed by atoms with van der Waals surface area (Å²) in [5, 5.41) is 15.0. The third-order valence-electron chi connectivity index (χ3n) is 4.85. The molecule has 1 unspecified atom stereocenters. The van der Waals surface area contributed by atoms with E-state index in [2.05, 4.69) is 5.10 Å². The van der Waals surface area contributed by atoms with E-state index in [-0.39, 0.29) is 5.75 Å². The van der Waals surface area contributed by atoms with Gasteiger partial charge in [0.25, 0.3) is 0 Å². The van der Waals surface area contributed by atoms with Crippen LogP contribution >= 0.6 is 0 Å². The molecule has 4 rings (SSSR count). The maximum atomic E-state index is 13.8. The Morgan fingerprint density at radius 1 is 0.871 bits per heavy atom. The molecular formula is C22H15F5N2O2. The van der Waals surface area contributed by atoms with Crippen molar-refractivity contribution in [2.45, 2.75) is 11.8 Å². The highest BCUT2D eigenvalue weighted by atomic mass is 19.4. The van der Waals surface area contributed by atoms with Crippen LogP contribution in [0.5, 0.6) is 5.75 Å². The van der Waals surface area contributed by atoms with Gasteiger partial charge in [0.2, 0.25) is 5.60 Å². The molecule has 1 aromatic heterocycles. The molecule has 160 valence electrons. The Balaban J connectivity index is 1.69. The first-order valence-electron chi connectivity index (χ1n) is 9.09. The number of hydrogen-bond acceptors (Lipinski definition) is 3. The van der Waals surface area contributed by atoms with E-state index in [1.165, 1.54) is 59.4 Å². The minimum atomic E-state index is -5.05. The molecule has 0 bridgehead atoms. The molecule has 0 radical (unpaired) electrons. The zero-order chi connectivity index (χ0) is 22.2. The van der Waals surface area contributed by atoms with Crippen LogP contribution in [0.15, 0.2) is 72.9 Å². The van der Waals surface area contributed by atoms with Crippen LogP contribution in [0.25, 0.3) is 16.6 Å². The number of benzene rings is 3. The van der Waals surface area contributed by atoms with Gasteiger partial charge in [-0.2, -0.15) is 18.3 Å². The molecule has 4 aromatic rings. The molecular weight excluding hydrogens is 419 g/mol. The molecule has 3 aromatic carbocycles. The van der Waals surface area contributed by atoms with E-state index in [4.69, 9.17) is 4.74 Å². The molecule has 1 atom stereocenters. The molecule has 0 aliphatic rings. The fraction of sp³-hybridized carbons (Fsp3) is 0.136. The van der Waals surface area contributed by atoms with Gasteiger partial charge in [-0.05, 0) is 66.2 Å². The predicted octanol–water partition coefficient (Wildman–Crippen LogP) is 5.13. The third kappa shape index (κ3) is 3.96. The van der Waals surface area contributed by atoms with E-state index in [1.807, 2.05) is 0 Å². The highest BCUT2D eigenvalue weighted by Crippen LogP contribution is 2.40. The Labute approximate surface area is 173 Å². The number of ether oxygens (including phenoxy) is 1. The van der Waals surface area contributed by atoms with Crippen LogP contribution in [0.3, 0.4) is 0 Å². The monoisotopic (exact) mass is 434 g/mol. The molecule has 0 spiro atoms. The first kappa shape index (κ1) is 20.8. The second-order valence-corrected chi connectivity index (χ2v) is 6.91. The quantitative estimate of drug-likeness (QED) is 0.443. The Hall–Kier alpha value is -3.46. The van der Waals surface area contributed by atoms with Crippen LogP contribution in [0.1, 0.15) is 5.56 Å². The van der Waals surface area contributed by atoms with E-state index in [0.29, 0.717) is 16.6 Å². The van der Waals surface area contributed by atoms with Crippen LogP contribution in [-0.2, 0) is 5.60 Å². The number of nitrogens with zero attached hydrogens (tertiary/aromatic N) is 2. The molecule has 31 heavy (non-hydrogen) atoms. The summed E-state index contributed by atoms with van der Waals surface area (Å²) in [6, 6.07) is 13.6. The van der Waals surface area contributed by atoms with Gasteiger partial charge in [-0.15, -0.1) is 0 Å². The SMILES string of the molecule is OC(COc1ccc(F)cc1)(c1ccc2c(cnn2-c2ccc(F)cc2)c1)C(F)(F)F. The summed E-state index contributed by atoms with van der Waals surface area (Å²) in [7, 11) is 0. The second kappa shape index (κ2) is 7.66. The van der Waals surface area contributed by atoms with Crippen molar-refractivity contribution in [2.24, 2.45) is 0 Å². The molecule has 0 saturated heterocycles. The average Bonchev–Trinajstić information content (AvgIpc) is 3.16. The Morgan fingerprint density at radius 2 is 1.48 bits per heavy atom. The molecule has 0 aliphatic carbocycles. The standard InChI is InChI=1S/C22H15F5N2O2/c23-16-2-6-18(7-3-16)29-20-10-1-15(11-14(20)12-28-29)21(30,22(25,26)27)13-31-19-8-4-17(24)5-9-19/h1-12,30H,13H2. The lowest BCUT2D eigenvalue weighted by molar-refractivity contribution is -0.275. The first-order valence-corrected chi connectivity index (χ1v) is 9.09. The highest BCUT2D eigenvalue weighted by molar-refractivity contribution is 5.81. The minimum absolute atomic E-state index is 0.0192.